The van der Waals surface area contributed by atoms with Gasteiger partial charge in [-0.25, -0.2) is 14.9 Å². The van der Waals surface area contributed by atoms with E-state index in [2.05, 4.69) is 46.5 Å². The molecule has 290 valence electrons. The zero-order chi connectivity index (χ0) is 38.8. The van der Waals surface area contributed by atoms with Crippen molar-refractivity contribution in [2.45, 2.75) is 138 Å². The number of guanidine groups is 1. The van der Waals surface area contributed by atoms with Crippen LogP contribution >= 0.6 is 0 Å². The van der Waals surface area contributed by atoms with Crippen molar-refractivity contribution in [1.82, 2.24) is 5.01 Å². The van der Waals surface area contributed by atoms with Crippen LogP contribution in [0.5, 0.6) is 0 Å². The SMILES string of the molecule is COC(=O)C(CCCN=C(N)N)N(C(=O)[C@@]1(C)CC[C@]2(C)CC[C@]3(C)C(=CC(=O)[C@@H]4[C@@]5(C)CC[C@H](OC(C)=O)C(C)(C)[C@@H]5CC[C@]43C)[C@@H]2C1)[N+](=O)[O-]. The number of hydrazine groups is 1. The summed E-state index contributed by atoms with van der Waals surface area (Å²) in [7, 11) is 1.14. The Balaban J connectivity index is 1.50. The number of nitro groups is 1. The molecular weight excluding hydrogens is 666 g/mol. The van der Waals surface area contributed by atoms with Gasteiger partial charge in [0.15, 0.2) is 22.8 Å². The first-order valence-electron chi connectivity index (χ1n) is 19.1. The van der Waals surface area contributed by atoms with Gasteiger partial charge >= 0.3 is 11.9 Å². The van der Waals surface area contributed by atoms with Crippen molar-refractivity contribution in [2.24, 2.45) is 66.7 Å². The van der Waals surface area contributed by atoms with Crippen LogP contribution in [0.15, 0.2) is 16.6 Å². The van der Waals surface area contributed by atoms with Gasteiger partial charge in [-0.2, -0.15) is 0 Å². The van der Waals surface area contributed by atoms with Gasteiger partial charge < -0.3 is 20.9 Å². The first-order valence-corrected chi connectivity index (χ1v) is 19.1. The van der Waals surface area contributed by atoms with Crippen LogP contribution < -0.4 is 11.5 Å². The molecule has 1 amide bonds. The van der Waals surface area contributed by atoms with Crippen LogP contribution in [0.25, 0.3) is 0 Å². The summed E-state index contributed by atoms with van der Waals surface area (Å²) in [4.78, 5) is 70.8. The predicted molar refractivity (Wildman–Crippen MR) is 195 cm³/mol. The van der Waals surface area contributed by atoms with E-state index in [0.717, 1.165) is 44.8 Å². The number of aliphatic imine (C=N–C) groups is 1. The number of carbonyl (C=O) groups excluding carboxylic acids is 4. The summed E-state index contributed by atoms with van der Waals surface area (Å²) in [6.45, 7) is 16.9. The van der Waals surface area contributed by atoms with Gasteiger partial charge in [0.25, 0.3) is 5.91 Å². The van der Waals surface area contributed by atoms with E-state index in [9.17, 15) is 29.3 Å². The van der Waals surface area contributed by atoms with E-state index in [4.69, 9.17) is 20.9 Å². The van der Waals surface area contributed by atoms with E-state index in [0.29, 0.717) is 30.7 Å². The third-order valence-electron chi connectivity index (χ3n) is 15.4. The average Bonchev–Trinajstić information content (AvgIpc) is 3.04. The molecular formula is C39H61N5O8. The number of nitrogens with zero attached hydrogens (tertiary/aromatic N) is 3. The van der Waals surface area contributed by atoms with Crippen LogP contribution in [0.1, 0.15) is 126 Å². The second kappa shape index (κ2) is 13.4. The Morgan fingerprint density at radius 1 is 1.02 bits per heavy atom. The number of methoxy groups -OCH3 is 1. The van der Waals surface area contributed by atoms with E-state index >= 15 is 0 Å². The first kappa shape index (κ1) is 39.7. The summed E-state index contributed by atoms with van der Waals surface area (Å²) in [5.41, 5.74) is 9.32. The van der Waals surface area contributed by atoms with Crippen LogP contribution in [0, 0.1) is 60.4 Å². The number of hydrogen-bond acceptors (Lipinski definition) is 9. The number of esters is 2. The molecule has 13 heteroatoms. The molecule has 4 fully saturated rings. The van der Waals surface area contributed by atoms with Crippen LogP contribution in [0.4, 0.5) is 0 Å². The number of rotatable bonds is 9. The van der Waals surface area contributed by atoms with Crippen molar-refractivity contribution in [3.63, 3.8) is 0 Å². The fraction of sp³-hybridized carbons (Fsp3) is 0.821. The molecule has 10 atom stereocenters. The zero-order valence-electron chi connectivity index (χ0n) is 32.7. The molecule has 52 heavy (non-hydrogen) atoms. The van der Waals surface area contributed by atoms with Crippen LogP contribution in [0.2, 0.25) is 0 Å². The molecule has 4 saturated carbocycles. The largest absolute Gasteiger partial charge is 0.467 e. The lowest BCUT2D eigenvalue weighted by atomic mass is 9.33. The molecule has 0 aromatic rings. The fourth-order valence-corrected chi connectivity index (χ4v) is 12.3. The summed E-state index contributed by atoms with van der Waals surface area (Å²) in [6, 6.07) is -1.45. The summed E-state index contributed by atoms with van der Waals surface area (Å²) < 4.78 is 10.8. The molecule has 0 bridgehead atoms. The highest BCUT2D eigenvalue weighted by Gasteiger charge is 2.70. The van der Waals surface area contributed by atoms with Crippen molar-refractivity contribution in [3.05, 3.63) is 21.8 Å². The highest BCUT2D eigenvalue weighted by atomic mass is 16.7. The Bertz CT molecular complexity index is 1570. The minimum Gasteiger partial charge on any atom is -0.467 e. The van der Waals surface area contributed by atoms with Gasteiger partial charge in [0.1, 0.15) is 6.10 Å². The molecule has 1 unspecified atom stereocenters. The molecule has 0 aromatic carbocycles. The lowest BCUT2D eigenvalue weighted by Crippen LogP contribution is -2.67. The Kier molecular flexibility index (Phi) is 10.2. The molecule has 0 radical (unpaired) electrons. The Hall–Kier alpha value is -3.51. The molecule has 0 saturated heterocycles. The van der Waals surface area contributed by atoms with Gasteiger partial charge in [0, 0.05) is 24.8 Å². The molecule has 5 aliphatic carbocycles. The summed E-state index contributed by atoms with van der Waals surface area (Å²) in [6.07, 6.45) is 8.40. The lowest BCUT2D eigenvalue weighted by Gasteiger charge is -2.70. The first-order chi connectivity index (χ1) is 24.0. The maximum Gasteiger partial charge on any atom is 0.335 e. The highest BCUT2D eigenvalue weighted by Crippen LogP contribution is 2.75. The molecule has 5 aliphatic rings. The quantitative estimate of drug-likeness (QED) is 0.0762. The Labute approximate surface area is 308 Å². The number of carbonyl (C=O) groups is 4. The monoisotopic (exact) mass is 727 g/mol. The van der Waals surface area contributed by atoms with E-state index in [1.807, 2.05) is 6.08 Å². The fourth-order valence-electron chi connectivity index (χ4n) is 12.3. The van der Waals surface area contributed by atoms with Gasteiger partial charge in [0.2, 0.25) is 0 Å². The summed E-state index contributed by atoms with van der Waals surface area (Å²) in [5, 5.41) is 12.3. The van der Waals surface area contributed by atoms with Gasteiger partial charge in [-0.1, -0.05) is 54.0 Å². The summed E-state index contributed by atoms with van der Waals surface area (Å²) in [5.74, 6) is -2.05. The molecule has 4 N–H and O–H groups in total. The van der Waals surface area contributed by atoms with E-state index < -0.39 is 28.4 Å². The minimum absolute atomic E-state index is 0.0525. The molecule has 0 spiro atoms. The van der Waals surface area contributed by atoms with Crippen molar-refractivity contribution < 1.29 is 33.7 Å². The predicted octanol–water partition coefficient (Wildman–Crippen LogP) is 5.51. The zero-order valence-corrected chi connectivity index (χ0v) is 32.7. The number of fused-ring (bicyclic) bond motifs is 7. The van der Waals surface area contributed by atoms with Gasteiger partial charge in [-0.3, -0.25) is 19.4 Å². The van der Waals surface area contributed by atoms with Crippen molar-refractivity contribution in [1.29, 1.82) is 0 Å². The second-order valence-electron chi connectivity index (χ2n) is 18.6. The van der Waals surface area contributed by atoms with Crippen LogP contribution in [0.3, 0.4) is 0 Å². The Morgan fingerprint density at radius 3 is 2.27 bits per heavy atom. The molecule has 0 aliphatic heterocycles. The lowest BCUT2D eigenvalue weighted by molar-refractivity contribution is -0.642. The topological polar surface area (TPSA) is 198 Å². The standard InChI is InChI=1S/C39H61N5O8/c1-23(45)52-29-13-14-37(6)28(34(29,2)3)12-15-39(8)30(37)27(46)21-24-25-22-36(5,17-16-35(25,4)18-19-38(24,39)7)32(48)43(44(49)50)26(31(47)51-9)11-10-20-42-33(40)41/h21,25-26,28-30H,10-20,22H2,1-9H3,(H4,40,41,42)/t25-,26?,28-,29-,30+,35+,36-,37-,38+,39+/m0/s1. The average molecular weight is 728 g/mol. The maximum absolute atomic E-state index is 14.8. The highest BCUT2D eigenvalue weighted by molar-refractivity contribution is 5.96. The normalized spacial score (nSPS) is 39.6. The van der Waals surface area contributed by atoms with E-state index in [1.165, 1.54) is 6.92 Å². The van der Waals surface area contributed by atoms with Crippen molar-refractivity contribution in [2.75, 3.05) is 13.7 Å². The van der Waals surface area contributed by atoms with Gasteiger partial charge in [-0.05, 0) is 115 Å². The number of hydrogen-bond donors (Lipinski definition) is 2. The second-order valence-corrected chi connectivity index (χ2v) is 18.6. The van der Waals surface area contributed by atoms with Crippen LogP contribution in [-0.2, 0) is 28.7 Å². The number of ketones is 1. The molecule has 5 rings (SSSR count). The van der Waals surface area contributed by atoms with Gasteiger partial charge in [0.05, 0.1) is 12.5 Å². The van der Waals surface area contributed by atoms with Crippen molar-refractivity contribution in [3.8, 4) is 0 Å². The third-order valence-corrected chi connectivity index (χ3v) is 15.4. The number of nitrogens with two attached hydrogens (primary N) is 2. The van der Waals surface area contributed by atoms with Gasteiger partial charge in [-0.15, -0.1) is 0 Å². The third kappa shape index (κ3) is 6.11. The summed E-state index contributed by atoms with van der Waals surface area (Å²) >= 11 is 0. The number of ether oxygens (including phenoxy) is 2. The minimum atomic E-state index is -1.45. The van der Waals surface area contributed by atoms with E-state index in [1.54, 1.807) is 6.92 Å². The number of amides is 1. The smallest absolute Gasteiger partial charge is 0.335 e. The van der Waals surface area contributed by atoms with E-state index in [-0.39, 0.29) is 88.0 Å². The molecule has 0 aromatic heterocycles. The molecule has 0 heterocycles. The molecule has 13 nitrogen and oxygen atoms in total. The maximum atomic E-state index is 14.8. The number of allylic oxidation sites excluding steroid dienone is 2. The Morgan fingerprint density at radius 2 is 1.67 bits per heavy atom. The van der Waals surface area contributed by atoms with Crippen LogP contribution in [-0.4, -0.2) is 65.4 Å². The van der Waals surface area contributed by atoms with Crippen molar-refractivity contribution >= 4 is 29.6 Å².